The van der Waals surface area contributed by atoms with Gasteiger partial charge in [0.1, 0.15) is 11.8 Å². The van der Waals surface area contributed by atoms with Gasteiger partial charge in [-0.1, -0.05) is 6.07 Å². The number of nitrogens with zero attached hydrogens (tertiary/aromatic N) is 3. The molecule has 0 saturated carbocycles. The first-order valence-electron chi connectivity index (χ1n) is 5.77. The number of nitriles is 1. The van der Waals surface area contributed by atoms with Crippen LogP contribution in [0.25, 0.3) is 5.57 Å². The summed E-state index contributed by atoms with van der Waals surface area (Å²) >= 11 is 0. The molecular formula is C14H19N4+. The molecule has 4 nitrogen and oxygen atoms in total. The molecule has 1 aromatic rings. The van der Waals surface area contributed by atoms with Crippen molar-refractivity contribution in [3.63, 3.8) is 0 Å². The highest BCUT2D eigenvalue weighted by atomic mass is 15.0. The van der Waals surface area contributed by atoms with Crippen molar-refractivity contribution < 1.29 is 4.90 Å². The van der Waals surface area contributed by atoms with E-state index in [9.17, 15) is 0 Å². The average molecular weight is 243 g/mol. The van der Waals surface area contributed by atoms with E-state index in [4.69, 9.17) is 5.26 Å². The number of hydrogen-bond acceptors (Lipinski definition) is 3. The van der Waals surface area contributed by atoms with Gasteiger partial charge in [-0.05, 0) is 12.1 Å². The standard InChI is InChI=1S/C14H18N4/c1-17(2)9-8-12(11-18(3)4)14-7-5-6-13(10-15)16-14/h5-9,11H,1-4H3/p+1/b9-8?,12-11+. The number of rotatable bonds is 4. The molecule has 0 radical (unpaired) electrons. The molecule has 0 aliphatic rings. The second-order valence-corrected chi connectivity index (χ2v) is 4.48. The number of hydrogen-bond donors (Lipinski definition) is 1. The molecule has 0 spiro atoms. The third kappa shape index (κ3) is 4.40. The fraction of sp³-hybridized carbons (Fsp3) is 0.286. The van der Waals surface area contributed by atoms with Crippen LogP contribution >= 0.6 is 0 Å². The molecule has 4 heteroatoms. The van der Waals surface area contributed by atoms with Crippen LogP contribution in [-0.4, -0.2) is 38.1 Å². The molecule has 1 N–H and O–H groups in total. The minimum absolute atomic E-state index is 0.433. The maximum absolute atomic E-state index is 8.88. The Morgan fingerprint density at radius 1 is 1.39 bits per heavy atom. The largest absolute Gasteiger partial charge is 0.383 e. The number of quaternary nitrogens is 1. The zero-order valence-electron chi connectivity index (χ0n) is 11.3. The second kappa shape index (κ2) is 6.58. The third-order valence-electron chi connectivity index (χ3n) is 2.15. The first-order valence-corrected chi connectivity index (χ1v) is 5.77. The van der Waals surface area contributed by atoms with Gasteiger partial charge in [0, 0.05) is 31.9 Å². The SMILES string of the molecule is CN(C)/C=C(\C=C[NH+](C)C)c1cccc(C#N)n1. The van der Waals surface area contributed by atoms with Crippen molar-refractivity contribution in [2.75, 3.05) is 28.2 Å². The van der Waals surface area contributed by atoms with E-state index in [-0.39, 0.29) is 0 Å². The Balaban J connectivity index is 3.14. The van der Waals surface area contributed by atoms with Crippen molar-refractivity contribution in [1.82, 2.24) is 9.88 Å². The lowest BCUT2D eigenvalue weighted by Gasteiger charge is -2.09. The van der Waals surface area contributed by atoms with Gasteiger partial charge in [0.2, 0.25) is 0 Å². The Hall–Kier alpha value is -2.12. The molecular weight excluding hydrogens is 224 g/mol. The lowest BCUT2D eigenvalue weighted by Crippen LogP contribution is -3.00. The average Bonchev–Trinajstić information content (AvgIpc) is 2.34. The number of pyridine rings is 1. The van der Waals surface area contributed by atoms with Crippen LogP contribution in [0.2, 0.25) is 0 Å². The Morgan fingerprint density at radius 2 is 2.11 bits per heavy atom. The normalized spacial score (nSPS) is 11.9. The number of allylic oxidation sites excluding steroid dienone is 2. The quantitative estimate of drug-likeness (QED) is 0.784. The molecule has 0 aliphatic heterocycles. The van der Waals surface area contributed by atoms with Crippen molar-refractivity contribution in [3.8, 4) is 6.07 Å². The monoisotopic (exact) mass is 243 g/mol. The molecule has 1 heterocycles. The lowest BCUT2D eigenvalue weighted by molar-refractivity contribution is -0.801. The highest BCUT2D eigenvalue weighted by Crippen LogP contribution is 2.13. The molecule has 1 rings (SSSR count). The first-order chi connectivity index (χ1) is 8.52. The van der Waals surface area contributed by atoms with Crippen molar-refractivity contribution in [2.24, 2.45) is 0 Å². The van der Waals surface area contributed by atoms with Gasteiger partial charge >= 0.3 is 0 Å². The molecule has 0 fully saturated rings. The maximum Gasteiger partial charge on any atom is 0.141 e. The fourth-order valence-electron chi connectivity index (χ4n) is 1.39. The number of aromatic nitrogens is 1. The second-order valence-electron chi connectivity index (χ2n) is 4.48. The van der Waals surface area contributed by atoms with E-state index in [1.54, 1.807) is 6.07 Å². The van der Waals surface area contributed by atoms with Crippen molar-refractivity contribution in [1.29, 1.82) is 5.26 Å². The lowest BCUT2D eigenvalue weighted by atomic mass is 10.1. The summed E-state index contributed by atoms with van der Waals surface area (Å²) in [6, 6.07) is 7.52. The topological polar surface area (TPSA) is 44.4 Å². The Kier molecular flexibility index (Phi) is 5.09. The van der Waals surface area contributed by atoms with Crippen molar-refractivity contribution >= 4 is 5.57 Å². The van der Waals surface area contributed by atoms with Crippen LogP contribution < -0.4 is 4.90 Å². The van der Waals surface area contributed by atoms with Crippen LogP contribution in [0.15, 0.2) is 36.7 Å². The summed E-state index contributed by atoms with van der Waals surface area (Å²) in [5.74, 6) is 0. The smallest absolute Gasteiger partial charge is 0.141 e. The van der Waals surface area contributed by atoms with Gasteiger partial charge in [0.15, 0.2) is 0 Å². The zero-order chi connectivity index (χ0) is 13.5. The van der Waals surface area contributed by atoms with E-state index in [1.165, 1.54) is 4.90 Å². The summed E-state index contributed by atoms with van der Waals surface area (Å²) < 4.78 is 0. The van der Waals surface area contributed by atoms with Gasteiger partial charge in [0.05, 0.1) is 26.0 Å². The summed E-state index contributed by atoms with van der Waals surface area (Å²) in [4.78, 5) is 7.49. The Labute approximate surface area is 108 Å². The molecule has 1 aromatic heterocycles. The number of nitrogens with one attached hydrogen (secondary N) is 1. The first kappa shape index (κ1) is 13.9. The molecule has 0 bridgehead atoms. The van der Waals surface area contributed by atoms with Crippen LogP contribution in [0.4, 0.5) is 0 Å². The molecule has 0 unspecified atom stereocenters. The highest BCUT2D eigenvalue weighted by Gasteiger charge is 2.03. The van der Waals surface area contributed by atoms with Crippen LogP contribution in [0, 0.1) is 11.3 Å². The maximum atomic E-state index is 8.88. The summed E-state index contributed by atoms with van der Waals surface area (Å²) in [6.07, 6.45) is 6.04. The molecule has 94 valence electrons. The minimum Gasteiger partial charge on any atom is -0.383 e. The van der Waals surface area contributed by atoms with Gasteiger partial charge < -0.3 is 9.80 Å². The molecule has 0 aliphatic carbocycles. The van der Waals surface area contributed by atoms with Crippen LogP contribution in [0.5, 0.6) is 0 Å². The van der Waals surface area contributed by atoms with E-state index in [0.29, 0.717) is 5.69 Å². The van der Waals surface area contributed by atoms with Gasteiger partial charge in [0.25, 0.3) is 0 Å². The van der Waals surface area contributed by atoms with Gasteiger partial charge in [-0.3, -0.25) is 0 Å². The van der Waals surface area contributed by atoms with Crippen LogP contribution in [-0.2, 0) is 0 Å². The highest BCUT2D eigenvalue weighted by molar-refractivity contribution is 5.71. The molecule has 18 heavy (non-hydrogen) atoms. The predicted octanol–water partition coefficient (Wildman–Crippen LogP) is 0.514. The summed E-state index contributed by atoms with van der Waals surface area (Å²) in [5, 5.41) is 8.88. The van der Waals surface area contributed by atoms with Gasteiger partial charge in [-0.2, -0.15) is 5.26 Å². The summed E-state index contributed by atoms with van der Waals surface area (Å²) in [6.45, 7) is 0. The van der Waals surface area contributed by atoms with E-state index in [0.717, 1.165) is 11.3 Å². The minimum atomic E-state index is 0.433. The predicted molar refractivity (Wildman–Crippen MR) is 72.6 cm³/mol. The van der Waals surface area contributed by atoms with Gasteiger partial charge in [-0.25, -0.2) is 4.98 Å². The third-order valence-corrected chi connectivity index (χ3v) is 2.15. The van der Waals surface area contributed by atoms with E-state index in [1.807, 2.05) is 63.7 Å². The molecule has 0 saturated heterocycles. The summed E-state index contributed by atoms with van der Waals surface area (Å²) in [5.41, 5.74) is 2.22. The molecule has 0 amide bonds. The van der Waals surface area contributed by atoms with E-state index < -0.39 is 0 Å². The fourth-order valence-corrected chi connectivity index (χ4v) is 1.39. The van der Waals surface area contributed by atoms with Gasteiger partial charge in [-0.15, -0.1) is 0 Å². The Morgan fingerprint density at radius 3 is 2.67 bits per heavy atom. The molecule has 0 atom stereocenters. The van der Waals surface area contributed by atoms with E-state index in [2.05, 4.69) is 11.1 Å². The van der Waals surface area contributed by atoms with Crippen LogP contribution in [0.1, 0.15) is 11.4 Å². The van der Waals surface area contributed by atoms with Crippen molar-refractivity contribution in [2.45, 2.75) is 0 Å². The van der Waals surface area contributed by atoms with Crippen LogP contribution in [0.3, 0.4) is 0 Å². The summed E-state index contributed by atoms with van der Waals surface area (Å²) in [7, 11) is 8.01. The molecule has 0 aromatic carbocycles. The zero-order valence-corrected chi connectivity index (χ0v) is 11.3. The Bertz CT molecular complexity index is 493. The van der Waals surface area contributed by atoms with Crippen molar-refractivity contribution in [3.05, 3.63) is 48.1 Å². The van der Waals surface area contributed by atoms with E-state index >= 15 is 0 Å².